The third-order valence-corrected chi connectivity index (χ3v) is 2.75. The lowest BCUT2D eigenvalue weighted by Gasteiger charge is -2.11. The van der Waals surface area contributed by atoms with Gasteiger partial charge in [-0.25, -0.2) is 0 Å². The van der Waals surface area contributed by atoms with Crippen molar-refractivity contribution in [3.63, 3.8) is 0 Å². The highest BCUT2D eigenvalue weighted by Crippen LogP contribution is 2.23. The van der Waals surface area contributed by atoms with Crippen LogP contribution in [-0.2, 0) is 0 Å². The first kappa shape index (κ1) is 12.0. The number of aliphatic hydroxyl groups excluding tert-OH is 1. The average molecular weight is 250 g/mol. The second kappa shape index (κ2) is 5.25. The number of hydrogen-bond acceptors (Lipinski definition) is 5. The Hall–Kier alpha value is -1.46. The summed E-state index contributed by atoms with van der Waals surface area (Å²) < 4.78 is 9.26. The number of ether oxygens (including phenoxy) is 1. The average Bonchev–Trinajstić information content (AvgIpc) is 2.82. The van der Waals surface area contributed by atoms with Crippen LogP contribution in [0, 0.1) is 0 Å². The molecule has 0 radical (unpaired) electrons. The third-order valence-electron chi connectivity index (χ3n) is 2.22. The normalized spacial score (nSPS) is 12.7. The quantitative estimate of drug-likeness (QED) is 0.905. The summed E-state index contributed by atoms with van der Waals surface area (Å²) in [5.41, 5.74) is 1.36. The largest absolute Gasteiger partial charge is 0.491 e. The van der Waals surface area contributed by atoms with Gasteiger partial charge in [0.05, 0.1) is 6.10 Å². The van der Waals surface area contributed by atoms with Crippen molar-refractivity contribution in [2.24, 2.45) is 0 Å². The Kier molecular flexibility index (Phi) is 3.71. The first-order valence-electron chi connectivity index (χ1n) is 5.38. The van der Waals surface area contributed by atoms with Crippen molar-refractivity contribution >= 4 is 11.5 Å². The molecule has 0 aliphatic heterocycles. The number of benzene rings is 1. The summed E-state index contributed by atoms with van der Waals surface area (Å²) in [5.74, 6) is 0.798. The van der Waals surface area contributed by atoms with E-state index in [0.29, 0.717) is 5.69 Å². The molecule has 0 aliphatic carbocycles. The lowest BCUT2D eigenvalue weighted by molar-refractivity contribution is 0.214. The zero-order valence-corrected chi connectivity index (χ0v) is 10.5. The number of rotatable bonds is 4. The summed E-state index contributed by atoms with van der Waals surface area (Å²) in [6, 6.07) is 7.36. The van der Waals surface area contributed by atoms with Crippen molar-refractivity contribution in [1.29, 1.82) is 0 Å². The molecule has 0 spiro atoms. The highest BCUT2D eigenvalue weighted by atomic mass is 32.1. The number of nitrogens with zero attached hydrogens (tertiary/aromatic N) is 2. The SMILES string of the molecule is CC(C)Oc1ccc(C(O)c2csnn2)cc1. The van der Waals surface area contributed by atoms with E-state index in [0.717, 1.165) is 11.3 Å². The van der Waals surface area contributed by atoms with E-state index in [9.17, 15) is 5.11 Å². The summed E-state index contributed by atoms with van der Waals surface area (Å²) in [6.07, 6.45) is -0.574. The van der Waals surface area contributed by atoms with Crippen LogP contribution >= 0.6 is 11.5 Å². The maximum atomic E-state index is 10.0. The molecule has 0 amide bonds. The predicted molar refractivity (Wildman–Crippen MR) is 66.2 cm³/mol. The van der Waals surface area contributed by atoms with Gasteiger partial charge in [-0.15, -0.1) is 5.10 Å². The third kappa shape index (κ3) is 3.01. The molecule has 0 bridgehead atoms. The van der Waals surface area contributed by atoms with E-state index in [2.05, 4.69) is 9.59 Å². The van der Waals surface area contributed by atoms with Crippen LogP contribution in [0.25, 0.3) is 0 Å². The maximum Gasteiger partial charge on any atom is 0.124 e. The number of aromatic nitrogens is 2. The van der Waals surface area contributed by atoms with Crippen LogP contribution in [0.5, 0.6) is 5.75 Å². The summed E-state index contributed by atoms with van der Waals surface area (Å²) in [4.78, 5) is 0. The molecule has 2 aromatic rings. The minimum atomic E-state index is -0.721. The van der Waals surface area contributed by atoms with E-state index in [1.54, 1.807) is 5.38 Å². The van der Waals surface area contributed by atoms with Crippen LogP contribution in [0.2, 0.25) is 0 Å². The van der Waals surface area contributed by atoms with Crippen molar-refractivity contribution in [3.05, 3.63) is 40.9 Å². The molecule has 2 rings (SSSR count). The Labute approximate surface area is 104 Å². The van der Waals surface area contributed by atoms with Crippen molar-refractivity contribution < 1.29 is 9.84 Å². The second-order valence-electron chi connectivity index (χ2n) is 3.97. The molecule has 1 aromatic carbocycles. The van der Waals surface area contributed by atoms with Gasteiger partial charge >= 0.3 is 0 Å². The first-order valence-corrected chi connectivity index (χ1v) is 6.22. The highest BCUT2D eigenvalue weighted by molar-refractivity contribution is 7.03. The van der Waals surface area contributed by atoms with Gasteiger partial charge in [-0.3, -0.25) is 0 Å². The zero-order chi connectivity index (χ0) is 12.3. The predicted octanol–water partition coefficient (Wildman–Crippen LogP) is 2.41. The fraction of sp³-hybridized carbons (Fsp3) is 0.333. The molecule has 0 saturated heterocycles. The van der Waals surface area contributed by atoms with Crippen LogP contribution < -0.4 is 4.74 Å². The van der Waals surface area contributed by atoms with Gasteiger partial charge in [0.1, 0.15) is 17.5 Å². The maximum absolute atomic E-state index is 10.0. The lowest BCUT2D eigenvalue weighted by atomic mass is 10.1. The van der Waals surface area contributed by atoms with Gasteiger partial charge in [0.15, 0.2) is 0 Å². The lowest BCUT2D eigenvalue weighted by Crippen LogP contribution is -2.06. The molecule has 1 atom stereocenters. The molecule has 5 heteroatoms. The van der Waals surface area contributed by atoms with E-state index in [1.165, 1.54) is 11.5 Å². The van der Waals surface area contributed by atoms with E-state index < -0.39 is 6.10 Å². The van der Waals surface area contributed by atoms with Gasteiger partial charge in [0.25, 0.3) is 0 Å². The summed E-state index contributed by atoms with van der Waals surface area (Å²) in [7, 11) is 0. The molecule has 1 aromatic heterocycles. The molecule has 0 fully saturated rings. The molecule has 1 N–H and O–H groups in total. The summed E-state index contributed by atoms with van der Waals surface area (Å²) >= 11 is 1.23. The number of hydrogen-bond donors (Lipinski definition) is 1. The van der Waals surface area contributed by atoms with Crippen LogP contribution in [0.3, 0.4) is 0 Å². The fourth-order valence-electron chi connectivity index (χ4n) is 1.46. The molecule has 4 nitrogen and oxygen atoms in total. The van der Waals surface area contributed by atoms with E-state index in [-0.39, 0.29) is 6.10 Å². The van der Waals surface area contributed by atoms with Gasteiger partial charge in [0.2, 0.25) is 0 Å². The molecular weight excluding hydrogens is 236 g/mol. The van der Waals surface area contributed by atoms with Crippen LogP contribution in [0.1, 0.15) is 31.2 Å². The van der Waals surface area contributed by atoms with Crippen molar-refractivity contribution in [2.45, 2.75) is 26.1 Å². The standard InChI is InChI=1S/C12H14N2O2S/c1-8(2)16-10-5-3-9(4-6-10)12(15)11-7-17-14-13-11/h3-8,12,15H,1-2H3. The Morgan fingerprint density at radius 2 is 1.94 bits per heavy atom. The summed E-state index contributed by atoms with van der Waals surface area (Å²) in [6.45, 7) is 3.95. The topological polar surface area (TPSA) is 55.2 Å². The van der Waals surface area contributed by atoms with Gasteiger partial charge < -0.3 is 9.84 Å². The minimum absolute atomic E-state index is 0.147. The Balaban J connectivity index is 2.12. The van der Waals surface area contributed by atoms with Crippen molar-refractivity contribution in [2.75, 3.05) is 0 Å². The van der Waals surface area contributed by atoms with Crippen LogP contribution in [0.4, 0.5) is 0 Å². The first-order chi connectivity index (χ1) is 8.16. The van der Waals surface area contributed by atoms with Gasteiger partial charge in [-0.1, -0.05) is 16.6 Å². The van der Waals surface area contributed by atoms with Gasteiger partial charge in [0, 0.05) is 5.38 Å². The van der Waals surface area contributed by atoms with Crippen molar-refractivity contribution in [1.82, 2.24) is 9.59 Å². The smallest absolute Gasteiger partial charge is 0.124 e. The molecule has 17 heavy (non-hydrogen) atoms. The van der Waals surface area contributed by atoms with Crippen LogP contribution in [0.15, 0.2) is 29.6 Å². The Bertz CT molecular complexity index is 454. The zero-order valence-electron chi connectivity index (χ0n) is 9.70. The highest BCUT2D eigenvalue weighted by Gasteiger charge is 2.13. The second-order valence-corrected chi connectivity index (χ2v) is 4.58. The van der Waals surface area contributed by atoms with E-state index >= 15 is 0 Å². The monoisotopic (exact) mass is 250 g/mol. The molecule has 1 unspecified atom stereocenters. The van der Waals surface area contributed by atoms with E-state index in [1.807, 2.05) is 38.1 Å². The van der Waals surface area contributed by atoms with Crippen molar-refractivity contribution in [3.8, 4) is 5.75 Å². The summed E-state index contributed by atoms with van der Waals surface area (Å²) in [5, 5.41) is 15.6. The Morgan fingerprint density at radius 1 is 1.24 bits per heavy atom. The Morgan fingerprint density at radius 3 is 2.47 bits per heavy atom. The number of aliphatic hydroxyl groups is 1. The molecule has 90 valence electrons. The molecular formula is C12H14N2O2S. The van der Waals surface area contributed by atoms with Gasteiger partial charge in [-0.2, -0.15) is 0 Å². The van der Waals surface area contributed by atoms with E-state index in [4.69, 9.17) is 4.74 Å². The van der Waals surface area contributed by atoms with Gasteiger partial charge in [-0.05, 0) is 43.1 Å². The minimum Gasteiger partial charge on any atom is -0.491 e. The fourth-order valence-corrected chi connectivity index (χ4v) is 1.94. The van der Waals surface area contributed by atoms with Crippen LogP contribution in [-0.4, -0.2) is 20.8 Å². The molecule has 0 aliphatic rings. The molecule has 1 heterocycles. The molecule has 0 saturated carbocycles.